The van der Waals surface area contributed by atoms with E-state index in [-0.39, 0.29) is 5.95 Å². The van der Waals surface area contributed by atoms with Gasteiger partial charge in [0, 0.05) is 41.3 Å². The van der Waals surface area contributed by atoms with Crippen LogP contribution in [-0.2, 0) is 0 Å². The first kappa shape index (κ1) is 12.5. The van der Waals surface area contributed by atoms with E-state index in [1.165, 1.54) is 0 Å². The number of nitrogens with zero attached hydrogens (tertiary/aromatic N) is 4. The summed E-state index contributed by atoms with van der Waals surface area (Å²) in [6.45, 7) is 0. The average molecular weight is 288 g/mol. The van der Waals surface area contributed by atoms with E-state index >= 15 is 0 Å². The Bertz CT molecular complexity index is 945. The van der Waals surface area contributed by atoms with Gasteiger partial charge in [-0.05, 0) is 24.3 Å². The van der Waals surface area contributed by atoms with Crippen molar-refractivity contribution in [3.8, 4) is 22.5 Å². The van der Waals surface area contributed by atoms with Gasteiger partial charge in [-0.15, -0.1) is 0 Å². The molecule has 0 amide bonds. The van der Waals surface area contributed by atoms with Crippen LogP contribution in [0.4, 0.5) is 5.95 Å². The quantitative estimate of drug-likeness (QED) is 0.591. The summed E-state index contributed by atoms with van der Waals surface area (Å²) in [5, 5.41) is 1.05. The summed E-state index contributed by atoms with van der Waals surface area (Å²) in [5.74, 6) is 0.243. The van der Waals surface area contributed by atoms with E-state index in [1.54, 1.807) is 24.8 Å². The molecule has 0 aliphatic carbocycles. The van der Waals surface area contributed by atoms with Gasteiger partial charge in [-0.2, -0.15) is 0 Å². The fraction of sp³-hybridized carbons (Fsp3) is 0. The standard InChI is InChI=1S/C16H12N6/c17-16-21-13(10-1-4-18-5-2-10)7-14(22-16)12-8-20-15-9-19-6-3-11(12)15/h1-9,20H,(H2,17,21,22). The zero-order chi connectivity index (χ0) is 14.9. The molecule has 0 bridgehead atoms. The SMILES string of the molecule is Nc1nc(-c2ccncc2)cc(-c2c[nH]c3cnccc23)n1. The van der Waals surface area contributed by atoms with Gasteiger partial charge in [0.05, 0.1) is 23.1 Å². The number of aromatic amines is 1. The molecule has 4 aromatic heterocycles. The number of pyridine rings is 2. The first-order valence-electron chi connectivity index (χ1n) is 6.78. The number of hydrogen-bond donors (Lipinski definition) is 2. The molecule has 0 radical (unpaired) electrons. The average Bonchev–Trinajstić information content (AvgIpc) is 2.99. The van der Waals surface area contributed by atoms with Crippen LogP contribution in [0.2, 0.25) is 0 Å². The highest BCUT2D eigenvalue weighted by Crippen LogP contribution is 2.29. The molecular formula is C16H12N6. The highest BCUT2D eigenvalue weighted by molar-refractivity contribution is 5.94. The van der Waals surface area contributed by atoms with Crippen molar-refractivity contribution in [3.63, 3.8) is 0 Å². The summed E-state index contributed by atoms with van der Waals surface area (Å²) in [5.41, 5.74) is 10.3. The molecule has 0 aromatic carbocycles. The van der Waals surface area contributed by atoms with Gasteiger partial charge in [-0.3, -0.25) is 9.97 Å². The van der Waals surface area contributed by atoms with Crippen molar-refractivity contribution in [2.24, 2.45) is 0 Å². The number of aromatic nitrogens is 5. The summed E-state index contributed by atoms with van der Waals surface area (Å²) >= 11 is 0. The van der Waals surface area contributed by atoms with Crippen LogP contribution in [0, 0.1) is 0 Å². The zero-order valence-corrected chi connectivity index (χ0v) is 11.6. The Kier molecular flexibility index (Phi) is 2.79. The smallest absolute Gasteiger partial charge is 0.221 e. The van der Waals surface area contributed by atoms with Gasteiger partial charge < -0.3 is 10.7 Å². The molecule has 4 heterocycles. The number of fused-ring (bicyclic) bond motifs is 1. The molecule has 6 nitrogen and oxygen atoms in total. The third-order valence-corrected chi connectivity index (χ3v) is 3.48. The predicted octanol–water partition coefficient (Wildman–Crippen LogP) is 2.66. The summed E-state index contributed by atoms with van der Waals surface area (Å²) in [6, 6.07) is 7.66. The number of anilines is 1. The summed E-state index contributed by atoms with van der Waals surface area (Å²) in [4.78, 5) is 20.0. The number of rotatable bonds is 2. The Hall–Kier alpha value is -3.28. The third-order valence-electron chi connectivity index (χ3n) is 3.48. The third kappa shape index (κ3) is 2.07. The molecular weight excluding hydrogens is 276 g/mol. The van der Waals surface area contributed by atoms with Crippen LogP contribution in [0.15, 0.2) is 55.2 Å². The minimum absolute atomic E-state index is 0.243. The van der Waals surface area contributed by atoms with Gasteiger partial charge in [0.15, 0.2) is 0 Å². The van der Waals surface area contributed by atoms with Crippen LogP contribution in [0.5, 0.6) is 0 Å². The van der Waals surface area contributed by atoms with Crippen molar-refractivity contribution < 1.29 is 0 Å². The second-order valence-electron chi connectivity index (χ2n) is 4.86. The highest BCUT2D eigenvalue weighted by atomic mass is 15.0. The van der Waals surface area contributed by atoms with Crippen LogP contribution in [0.1, 0.15) is 0 Å². The lowest BCUT2D eigenvalue weighted by Crippen LogP contribution is -1.98. The Morgan fingerprint density at radius 1 is 0.909 bits per heavy atom. The Morgan fingerprint density at radius 3 is 2.55 bits per heavy atom. The van der Waals surface area contributed by atoms with Crippen LogP contribution < -0.4 is 5.73 Å². The second kappa shape index (κ2) is 4.92. The van der Waals surface area contributed by atoms with E-state index in [1.807, 2.05) is 30.5 Å². The number of H-pyrrole nitrogens is 1. The van der Waals surface area contributed by atoms with Gasteiger partial charge in [0.2, 0.25) is 5.95 Å². The van der Waals surface area contributed by atoms with Crippen LogP contribution >= 0.6 is 0 Å². The van der Waals surface area contributed by atoms with Crippen LogP contribution in [-0.4, -0.2) is 24.9 Å². The summed E-state index contributed by atoms with van der Waals surface area (Å²) in [7, 11) is 0. The van der Waals surface area contributed by atoms with Gasteiger partial charge >= 0.3 is 0 Å². The van der Waals surface area contributed by atoms with E-state index < -0.39 is 0 Å². The maximum Gasteiger partial charge on any atom is 0.221 e. The molecule has 0 unspecified atom stereocenters. The molecule has 0 fully saturated rings. The first-order chi connectivity index (χ1) is 10.8. The number of nitrogen functional groups attached to an aromatic ring is 1. The Labute approximate surface area is 126 Å². The van der Waals surface area contributed by atoms with Gasteiger partial charge in [0.1, 0.15) is 0 Å². The van der Waals surface area contributed by atoms with Crippen molar-refractivity contribution in [1.29, 1.82) is 0 Å². The molecule has 22 heavy (non-hydrogen) atoms. The highest BCUT2D eigenvalue weighted by Gasteiger charge is 2.11. The zero-order valence-electron chi connectivity index (χ0n) is 11.6. The topological polar surface area (TPSA) is 93.4 Å². The maximum atomic E-state index is 5.89. The summed E-state index contributed by atoms with van der Waals surface area (Å²) < 4.78 is 0. The van der Waals surface area contributed by atoms with Crippen LogP contribution in [0.3, 0.4) is 0 Å². The van der Waals surface area contributed by atoms with Crippen molar-refractivity contribution in [1.82, 2.24) is 24.9 Å². The molecule has 0 spiro atoms. The van der Waals surface area contributed by atoms with E-state index in [0.29, 0.717) is 0 Å². The molecule has 0 aliphatic rings. The largest absolute Gasteiger partial charge is 0.368 e. The van der Waals surface area contributed by atoms with Crippen LogP contribution in [0.25, 0.3) is 33.4 Å². The fourth-order valence-corrected chi connectivity index (χ4v) is 2.46. The molecule has 106 valence electrons. The second-order valence-corrected chi connectivity index (χ2v) is 4.86. The lowest BCUT2D eigenvalue weighted by Gasteiger charge is -2.05. The van der Waals surface area contributed by atoms with E-state index in [2.05, 4.69) is 24.9 Å². The van der Waals surface area contributed by atoms with E-state index in [0.717, 1.165) is 33.4 Å². The van der Waals surface area contributed by atoms with Crippen molar-refractivity contribution in [2.45, 2.75) is 0 Å². The normalized spacial score (nSPS) is 10.9. The minimum Gasteiger partial charge on any atom is -0.368 e. The number of nitrogens with one attached hydrogen (secondary N) is 1. The van der Waals surface area contributed by atoms with Gasteiger partial charge in [-0.1, -0.05) is 0 Å². The Balaban J connectivity index is 1.91. The minimum atomic E-state index is 0.243. The fourth-order valence-electron chi connectivity index (χ4n) is 2.46. The number of nitrogens with two attached hydrogens (primary N) is 1. The molecule has 4 rings (SSSR count). The lowest BCUT2D eigenvalue weighted by atomic mass is 10.1. The lowest BCUT2D eigenvalue weighted by molar-refractivity contribution is 1.19. The van der Waals surface area contributed by atoms with Crippen molar-refractivity contribution in [3.05, 3.63) is 55.2 Å². The number of hydrogen-bond acceptors (Lipinski definition) is 5. The monoisotopic (exact) mass is 288 g/mol. The van der Waals surface area contributed by atoms with E-state index in [9.17, 15) is 0 Å². The van der Waals surface area contributed by atoms with E-state index in [4.69, 9.17) is 5.73 Å². The molecule has 3 N–H and O–H groups in total. The predicted molar refractivity (Wildman–Crippen MR) is 84.8 cm³/mol. The summed E-state index contributed by atoms with van der Waals surface area (Å²) in [6.07, 6.45) is 8.90. The molecule has 4 aromatic rings. The maximum absolute atomic E-state index is 5.89. The molecule has 6 heteroatoms. The van der Waals surface area contributed by atoms with Crippen molar-refractivity contribution in [2.75, 3.05) is 5.73 Å². The molecule has 0 atom stereocenters. The van der Waals surface area contributed by atoms with Gasteiger partial charge in [0.25, 0.3) is 0 Å². The van der Waals surface area contributed by atoms with Crippen molar-refractivity contribution >= 4 is 16.9 Å². The Morgan fingerprint density at radius 2 is 1.68 bits per heavy atom. The molecule has 0 saturated carbocycles. The van der Waals surface area contributed by atoms with Gasteiger partial charge in [-0.25, -0.2) is 9.97 Å². The molecule has 0 aliphatic heterocycles. The molecule has 0 saturated heterocycles. The first-order valence-corrected chi connectivity index (χ1v) is 6.78.